The topological polar surface area (TPSA) is 94.7 Å². The minimum atomic E-state index is -0.830. The second-order valence-electron chi connectivity index (χ2n) is 9.39. The molecule has 0 aliphatic carbocycles. The maximum atomic E-state index is 10.0. The molecule has 0 saturated heterocycles. The van der Waals surface area contributed by atoms with Crippen molar-refractivity contribution < 1.29 is 19.7 Å². The minimum absolute atomic E-state index is 0.144. The molecule has 0 amide bonds. The molecule has 4 aromatic carbocycles. The van der Waals surface area contributed by atoms with E-state index in [0.717, 1.165) is 32.3 Å². The van der Waals surface area contributed by atoms with E-state index < -0.39 is 12.1 Å². The van der Waals surface area contributed by atoms with E-state index in [0.29, 0.717) is 30.2 Å². The molecule has 204 valence electrons. The van der Waals surface area contributed by atoms with Crippen molar-refractivity contribution in [1.29, 1.82) is 5.26 Å². The standard InChI is InChI=1S/C33H31BrN2O4/c1-22(37)33(23(2)38)36-19-27-14-15-29(17-31(27)40-20-25-9-6-8-24(16-25)18-35)39-21-28-12-7-13-30(32(28)34)26-10-4-3-5-11-26/h3-17,23,33,36-38H,1,19-21H2,2H3/t23-,33-/m0/s1. The summed E-state index contributed by atoms with van der Waals surface area (Å²) < 4.78 is 13.3. The highest BCUT2D eigenvalue weighted by molar-refractivity contribution is 9.10. The smallest absolute Gasteiger partial charge is 0.127 e. The third-order valence-corrected chi connectivity index (χ3v) is 7.34. The van der Waals surface area contributed by atoms with Gasteiger partial charge in [0.2, 0.25) is 0 Å². The van der Waals surface area contributed by atoms with Gasteiger partial charge in [-0.25, -0.2) is 0 Å². The van der Waals surface area contributed by atoms with Gasteiger partial charge in [-0.2, -0.15) is 5.26 Å². The van der Waals surface area contributed by atoms with Crippen LogP contribution in [0.1, 0.15) is 29.2 Å². The quantitative estimate of drug-likeness (QED) is 0.151. The molecule has 0 spiro atoms. The number of rotatable bonds is 12. The zero-order valence-electron chi connectivity index (χ0n) is 22.2. The maximum absolute atomic E-state index is 10.0. The van der Waals surface area contributed by atoms with Gasteiger partial charge in [0.1, 0.15) is 30.5 Å². The Morgan fingerprint density at radius 1 is 0.950 bits per heavy atom. The van der Waals surface area contributed by atoms with E-state index >= 15 is 0 Å². The zero-order valence-corrected chi connectivity index (χ0v) is 23.8. The van der Waals surface area contributed by atoms with Crippen LogP contribution in [0.4, 0.5) is 0 Å². The van der Waals surface area contributed by atoms with Crippen LogP contribution in [0.2, 0.25) is 0 Å². The van der Waals surface area contributed by atoms with E-state index in [4.69, 9.17) is 9.47 Å². The van der Waals surface area contributed by atoms with E-state index in [1.807, 2.05) is 60.7 Å². The van der Waals surface area contributed by atoms with E-state index in [1.165, 1.54) is 0 Å². The summed E-state index contributed by atoms with van der Waals surface area (Å²) >= 11 is 3.75. The van der Waals surface area contributed by atoms with Gasteiger partial charge < -0.3 is 25.0 Å². The van der Waals surface area contributed by atoms with E-state index in [-0.39, 0.29) is 12.4 Å². The van der Waals surface area contributed by atoms with Crippen LogP contribution in [-0.2, 0) is 19.8 Å². The van der Waals surface area contributed by atoms with Crippen LogP contribution in [0.25, 0.3) is 11.1 Å². The normalized spacial score (nSPS) is 12.2. The molecule has 3 N–H and O–H groups in total. The number of ether oxygens (including phenoxy) is 2. The molecule has 2 atom stereocenters. The van der Waals surface area contributed by atoms with Crippen molar-refractivity contribution in [3.63, 3.8) is 0 Å². The summed E-state index contributed by atoms with van der Waals surface area (Å²) in [5.41, 5.74) is 5.43. The van der Waals surface area contributed by atoms with Gasteiger partial charge in [-0.3, -0.25) is 0 Å². The van der Waals surface area contributed by atoms with Crippen LogP contribution in [0, 0.1) is 11.3 Å². The molecule has 0 radical (unpaired) electrons. The van der Waals surface area contributed by atoms with Gasteiger partial charge in [0.05, 0.1) is 23.8 Å². The number of hydrogen-bond acceptors (Lipinski definition) is 6. The summed E-state index contributed by atoms with van der Waals surface area (Å²) in [4.78, 5) is 0. The van der Waals surface area contributed by atoms with Crippen LogP contribution in [0.15, 0.2) is 108 Å². The van der Waals surface area contributed by atoms with Crippen molar-refractivity contribution in [3.05, 3.63) is 130 Å². The molecule has 7 heteroatoms. The van der Waals surface area contributed by atoms with Crippen molar-refractivity contribution >= 4 is 15.9 Å². The molecule has 0 bridgehead atoms. The van der Waals surface area contributed by atoms with Crippen molar-refractivity contribution in [1.82, 2.24) is 5.32 Å². The fraction of sp³-hybridized carbons (Fsp3) is 0.182. The fourth-order valence-electron chi connectivity index (χ4n) is 4.28. The van der Waals surface area contributed by atoms with Gasteiger partial charge in [-0.15, -0.1) is 0 Å². The third-order valence-electron chi connectivity index (χ3n) is 6.40. The van der Waals surface area contributed by atoms with Crippen molar-refractivity contribution in [2.75, 3.05) is 0 Å². The van der Waals surface area contributed by atoms with E-state index in [9.17, 15) is 15.5 Å². The zero-order chi connectivity index (χ0) is 28.5. The molecule has 0 heterocycles. The first kappa shape index (κ1) is 28.9. The number of aliphatic hydroxyl groups is 2. The SMILES string of the molecule is C=C(O)[C@H](NCc1ccc(OCc2cccc(-c3ccccc3)c2Br)cc1OCc1cccc(C#N)c1)[C@H](C)O. The van der Waals surface area contributed by atoms with Gasteiger partial charge in [-0.1, -0.05) is 73.3 Å². The number of halogens is 1. The highest BCUT2D eigenvalue weighted by Gasteiger charge is 2.18. The maximum Gasteiger partial charge on any atom is 0.127 e. The molecule has 0 aliphatic heterocycles. The summed E-state index contributed by atoms with van der Waals surface area (Å²) in [5.74, 6) is 1.06. The number of nitriles is 1. The van der Waals surface area contributed by atoms with Crippen molar-refractivity contribution in [3.8, 4) is 28.7 Å². The summed E-state index contributed by atoms with van der Waals surface area (Å²) in [7, 11) is 0. The summed E-state index contributed by atoms with van der Waals surface area (Å²) in [6, 6.07) is 30.5. The Labute approximate surface area is 243 Å². The summed E-state index contributed by atoms with van der Waals surface area (Å²) in [5, 5.41) is 32.2. The Balaban J connectivity index is 1.54. The number of nitrogens with zero attached hydrogens (tertiary/aromatic N) is 1. The molecule has 0 unspecified atom stereocenters. The van der Waals surface area contributed by atoms with E-state index in [1.54, 1.807) is 19.1 Å². The fourth-order valence-corrected chi connectivity index (χ4v) is 4.88. The second kappa shape index (κ2) is 13.8. The first-order chi connectivity index (χ1) is 19.4. The number of aliphatic hydroxyl groups excluding tert-OH is 2. The molecular formula is C33H31BrN2O4. The molecule has 4 rings (SSSR count). The molecule has 0 aliphatic rings. The Morgan fingerprint density at radius 2 is 1.73 bits per heavy atom. The predicted molar refractivity (Wildman–Crippen MR) is 160 cm³/mol. The lowest BCUT2D eigenvalue weighted by molar-refractivity contribution is 0.136. The Hall–Kier alpha value is -4.09. The van der Waals surface area contributed by atoms with E-state index in [2.05, 4.69) is 52.1 Å². The number of benzene rings is 4. The Kier molecular flexibility index (Phi) is 9.98. The largest absolute Gasteiger partial charge is 0.511 e. The molecular weight excluding hydrogens is 568 g/mol. The van der Waals surface area contributed by atoms with Gasteiger partial charge in [0.15, 0.2) is 0 Å². The van der Waals surface area contributed by atoms with Gasteiger partial charge in [0, 0.05) is 28.2 Å². The molecule has 40 heavy (non-hydrogen) atoms. The lowest BCUT2D eigenvalue weighted by Gasteiger charge is -2.21. The van der Waals surface area contributed by atoms with Crippen LogP contribution >= 0.6 is 15.9 Å². The van der Waals surface area contributed by atoms with Crippen LogP contribution < -0.4 is 14.8 Å². The molecule has 0 fully saturated rings. The summed E-state index contributed by atoms with van der Waals surface area (Å²) in [6.45, 7) is 6.05. The molecule has 4 aromatic rings. The number of nitrogens with one attached hydrogen (secondary N) is 1. The third kappa shape index (κ3) is 7.51. The van der Waals surface area contributed by atoms with Crippen LogP contribution in [0.5, 0.6) is 11.5 Å². The average molecular weight is 600 g/mol. The Bertz CT molecular complexity index is 1500. The first-order valence-corrected chi connectivity index (χ1v) is 13.6. The van der Waals surface area contributed by atoms with Crippen LogP contribution in [-0.4, -0.2) is 22.4 Å². The van der Waals surface area contributed by atoms with Gasteiger partial charge >= 0.3 is 0 Å². The van der Waals surface area contributed by atoms with Crippen LogP contribution in [0.3, 0.4) is 0 Å². The minimum Gasteiger partial charge on any atom is -0.511 e. The second-order valence-corrected chi connectivity index (χ2v) is 10.2. The number of hydrogen-bond donors (Lipinski definition) is 3. The molecule has 0 aromatic heterocycles. The van der Waals surface area contributed by atoms with Gasteiger partial charge in [-0.05, 0) is 57.7 Å². The van der Waals surface area contributed by atoms with Crippen molar-refractivity contribution in [2.45, 2.75) is 38.8 Å². The Morgan fingerprint density at radius 3 is 2.45 bits per heavy atom. The average Bonchev–Trinajstić information content (AvgIpc) is 2.96. The lowest BCUT2D eigenvalue weighted by atomic mass is 10.0. The highest BCUT2D eigenvalue weighted by atomic mass is 79.9. The molecule has 0 saturated carbocycles. The summed E-state index contributed by atoms with van der Waals surface area (Å²) in [6.07, 6.45) is -0.830. The van der Waals surface area contributed by atoms with Gasteiger partial charge in [0.25, 0.3) is 0 Å². The predicted octanol–water partition coefficient (Wildman–Crippen LogP) is 7.06. The highest BCUT2D eigenvalue weighted by Crippen LogP contribution is 2.32. The van der Waals surface area contributed by atoms with Crippen molar-refractivity contribution in [2.24, 2.45) is 0 Å². The first-order valence-electron chi connectivity index (χ1n) is 12.8. The lowest BCUT2D eigenvalue weighted by Crippen LogP contribution is -2.39. The molecule has 6 nitrogen and oxygen atoms in total. The monoisotopic (exact) mass is 598 g/mol.